The van der Waals surface area contributed by atoms with Gasteiger partial charge in [-0.2, -0.15) is 0 Å². The summed E-state index contributed by atoms with van der Waals surface area (Å²) < 4.78 is 0. The Morgan fingerprint density at radius 1 is 0.667 bits per heavy atom. The summed E-state index contributed by atoms with van der Waals surface area (Å²) in [6, 6.07) is 21.3. The number of phenols is 1. The van der Waals surface area contributed by atoms with Crippen LogP contribution in [0.25, 0.3) is 0 Å². The van der Waals surface area contributed by atoms with Crippen LogP contribution in [0.15, 0.2) is 60.7 Å². The number of hydrogen-bond donors (Lipinski definition) is 1. The highest BCUT2D eigenvalue weighted by Crippen LogP contribution is 2.37. The summed E-state index contributed by atoms with van der Waals surface area (Å²) in [6.07, 6.45) is 0. The van der Waals surface area contributed by atoms with Crippen LogP contribution in [0.2, 0.25) is 0 Å². The summed E-state index contributed by atoms with van der Waals surface area (Å²) >= 11 is 0. The maximum absolute atomic E-state index is 10.0. The van der Waals surface area contributed by atoms with E-state index in [1.807, 2.05) is 13.0 Å². The first kappa shape index (κ1) is 16.3. The molecule has 0 fully saturated rings. The summed E-state index contributed by atoms with van der Waals surface area (Å²) in [4.78, 5) is 0. The first-order valence-corrected chi connectivity index (χ1v) is 8.39. The van der Waals surface area contributed by atoms with Gasteiger partial charge in [-0.25, -0.2) is 0 Å². The number of hydrogen-bond acceptors (Lipinski definition) is 1. The molecule has 0 aromatic heterocycles. The molecule has 3 aromatic carbocycles. The molecule has 0 aliphatic rings. The Labute approximate surface area is 144 Å². The van der Waals surface area contributed by atoms with Crippen LogP contribution in [-0.4, -0.2) is 5.11 Å². The van der Waals surface area contributed by atoms with Crippen LogP contribution in [0.4, 0.5) is 0 Å². The van der Waals surface area contributed by atoms with E-state index in [4.69, 9.17) is 0 Å². The number of aryl methyl sites for hydroxylation is 4. The minimum Gasteiger partial charge on any atom is -0.508 e. The number of benzene rings is 3. The molecule has 0 heterocycles. The third kappa shape index (κ3) is 3.07. The van der Waals surface area contributed by atoms with E-state index in [1.165, 1.54) is 27.8 Å². The molecule has 122 valence electrons. The minimum absolute atomic E-state index is 0.172. The molecule has 3 rings (SSSR count). The highest BCUT2D eigenvalue weighted by Gasteiger charge is 2.21. The van der Waals surface area contributed by atoms with Crippen LogP contribution in [-0.2, 0) is 0 Å². The van der Waals surface area contributed by atoms with Gasteiger partial charge in [0.1, 0.15) is 5.75 Å². The molecule has 0 bridgehead atoms. The van der Waals surface area contributed by atoms with Gasteiger partial charge in [-0.15, -0.1) is 0 Å². The number of rotatable bonds is 3. The zero-order valence-electron chi connectivity index (χ0n) is 14.8. The fraction of sp³-hybridized carbons (Fsp3) is 0.217. The molecule has 0 aliphatic heterocycles. The fourth-order valence-electron chi connectivity index (χ4n) is 3.38. The average Bonchev–Trinajstić information content (AvgIpc) is 2.57. The zero-order chi connectivity index (χ0) is 17.3. The van der Waals surface area contributed by atoms with Crippen molar-refractivity contribution in [1.82, 2.24) is 0 Å². The molecule has 24 heavy (non-hydrogen) atoms. The van der Waals surface area contributed by atoms with Crippen LogP contribution in [0.1, 0.15) is 44.9 Å². The normalized spacial score (nSPS) is 12.2. The van der Waals surface area contributed by atoms with Gasteiger partial charge in [0, 0.05) is 5.92 Å². The summed E-state index contributed by atoms with van der Waals surface area (Å²) in [7, 11) is 0. The summed E-state index contributed by atoms with van der Waals surface area (Å²) in [5.74, 6) is 0.537. The van der Waals surface area contributed by atoms with Crippen molar-refractivity contribution in [3.63, 3.8) is 0 Å². The van der Waals surface area contributed by atoms with Crippen molar-refractivity contribution in [3.8, 4) is 5.75 Å². The van der Waals surface area contributed by atoms with Gasteiger partial charge in [0.05, 0.1) is 0 Å². The van der Waals surface area contributed by atoms with Crippen LogP contribution < -0.4 is 0 Å². The first-order chi connectivity index (χ1) is 11.5. The van der Waals surface area contributed by atoms with E-state index in [0.717, 1.165) is 11.1 Å². The molecule has 1 nitrogen and oxygen atoms in total. The van der Waals surface area contributed by atoms with Crippen molar-refractivity contribution in [1.29, 1.82) is 0 Å². The Morgan fingerprint density at radius 2 is 1.33 bits per heavy atom. The lowest BCUT2D eigenvalue weighted by atomic mass is 9.80. The van der Waals surface area contributed by atoms with E-state index in [1.54, 1.807) is 0 Å². The SMILES string of the molecule is Cc1ccc(C)c(C(c2ccccc2)c2cc(C)c(O)cc2C)c1. The molecule has 1 unspecified atom stereocenters. The van der Waals surface area contributed by atoms with Crippen molar-refractivity contribution in [2.75, 3.05) is 0 Å². The maximum Gasteiger partial charge on any atom is 0.118 e. The van der Waals surface area contributed by atoms with E-state index in [2.05, 4.69) is 75.4 Å². The van der Waals surface area contributed by atoms with Gasteiger partial charge in [-0.05, 0) is 67.1 Å². The quantitative estimate of drug-likeness (QED) is 0.605. The lowest BCUT2D eigenvalue weighted by Crippen LogP contribution is -2.08. The van der Waals surface area contributed by atoms with Crippen LogP contribution in [0, 0.1) is 27.7 Å². The van der Waals surface area contributed by atoms with Crippen molar-refractivity contribution < 1.29 is 5.11 Å². The standard InChI is InChI=1S/C23H24O/c1-15-10-11-16(2)20(12-15)23(19-8-6-5-7-9-19)21-13-18(4)22(24)14-17(21)3/h5-14,23-24H,1-4H3. The van der Waals surface area contributed by atoms with Crippen molar-refractivity contribution in [3.05, 3.63) is 99.6 Å². The molecular formula is C23H24O. The van der Waals surface area contributed by atoms with E-state index in [9.17, 15) is 5.11 Å². The molecule has 1 N–H and O–H groups in total. The lowest BCUT2D eigenvalue weighted by Gasteiger charge is -2.24. The Hall–Kier alpha value is -2.54. The largest absolute Gasteiger partial charge is 0.508 e. The molecule has 0 amide bonds. The first-order valence-electron chi connectivity index (χ1n) is 8.39. The summed E-state index contributed by atoms with van der Waals surface area (Å²) in [5, 5.41) is 10.0. The van der Waals surface area contributed by atoms with E-state index < -0.39 is 0 Å². The van der Waals surface area contributed by atoms with E-state index in [0.29, 0.717) is 5.75 Å². The molecule has 0 saturated carbocycles. The van der Waals surface area contributed by atoms with Gasteiger partial charge in [-0.3, -0.25) is 0 Å². The van der Waals surface area contributed by atoms with Gasteiger partial charge in [-0.1, -0.05) is 60.2 Å². The third-order valence-electron chi connectivity index (χ3n) is 4.77. The maximum atomic E-state index is 10.0. The topological polar surface area (TPSA) is 20.2 Å². The molecule has 0 saturated heterocycles. The fourth-order valence-corrected chi connectivity index (χ4v) is 3.38. The highest BCUT2D eigenvalue weighted by atomic mass is 16.3. The van der Waals surface area contributed by atoms with Crippen LogP contribution >= 0.6 is 0 Å². The monoisotopic (exact) mass is 316 g/mol. The van der Waals surface area contributed by atoms with Gasteiger partial charge < -0.3 is 5.11 Å². The Bertz CT molecular complexity index is 863. The van der Waals surface area contributed by atoms with Crippen LogP contribution in [0.5, 0.6) is 5.75 Å². The van der Waals surface area contributed by atoms with Crippen molar-refractivity contribution in [2.45, 2.75) is 33.6 Å². The molecule has 1 atom stereocenters. The zero-order valence-corrected chi connectivity index (χ0v) is 14.8. The second kappa shape index (κ2) is 6.52. The Morgan fingerprint density at radius 3 is 2.04 bits per heavy atom. The summed E-state index contributed by atoms with van der Waals surface area (Å²) in [6.45, 7) is 8.35. The minimum atomic E-state index is 0.172. The molecule has 1 heteroatoms. The average molecular weight is 316 g/mol. The van der Waals surface area contributed by atoms with Crippen molar-refractivity contribution >= 4 is 0 Å². The number of phenolic OH excluding ortho intramolecular Hbond substituents is 1. The van der Waals surface area contributed by atoms with Crippen molar-refractivity contribution in [2.24, 2.45) is 0 Å². The predicted molar refractivity (Wildman–Crippen MR) is 101 cm³/mol. The highest BCUT2D eigenvalue weighted by molar-refractivity contribution is 5.52. The van der Waals surface area contributed by atoms with Gasteiger partial charge >= 0.3 is 0 Å². The Kier molecular flexibility index (Phi) is 4.44. The molecular weight excluding hydrogens is 292 g/mol. The molecule has 3 aromatic rings. The lowest BCUT2D eigenvalue weighted by molar-refractivity contribution is 0.470. The predicted octanol–water partition coefficient (Wildman–Crippen LogP) is 5.81. The van der Waals surface area contributed by atoms with Gasteiger partial charge in [0.15, 0.2) is 0 Å². The molecule has 0 spiro atoms. The van der Waals surface area contributed by atoms with E-state index >= 15 is 0 Å². The Balaban J connectivity index is 2.28. The molecule has 0 aliphatic carbocycles. The molecule has 0 radical (unpaired) electrons. The third-order valence-corrected chi connectivity index (χ3v) is 4.77. The number of aromatic hydroxyl groups is 1. The van der Waals surface area contributed by atoms with Crippen LogP contribution in [0.3, 0.4) is 0 Å². The van der Waals surface area contributed by atoms with Gasteiger partial charge in [0.25, 0.3) is 0 Å². The second-order valence-electron chi connectivity index (χ2n) is 6.70. The smallest absolute Gasteiger partial charge is 0.118 e. The van der Waals surface area contributed by atoms with Gasteiger partial charge in [0.2, 0.25) is 0 Å². The second-order valence-corrected chi connectivity index (χ2v) is 6.70. The van der Waals surface area contributed by atoms with E-state index in [-0.39, 0.29) is 5.92 Å². The summed E-state index contributed by atoms with van der Waals surface area (Å²) in [5.41, 5.74) is 8.46.